The number of amides is 3. The Hall–Kier alpha value is -0.620. The summed E-state index contributed by atoms with van der Waals surface area (Å²) in [5, 5.41) is 30.2. The summed E-state index contributed by atoms with van der Waals surface area (Å²) in [6.45, 7) is -0.460. The van der Waals surface area contributed by atoms with Gasteiger partial charge in [-0.3, -0.25) is 15.0 Å². The number of nitrogens with zero attached hydrogens (tertiary/aromatic N) is 1. The van der Waals surface area contributed by atoms with Crippen LogP contribution >= 0.6 is 20.7 Å². The molecule has 96 valence electrons. The van der Waals surface area contributed by atoms with Gasteiger partial charge in [-0.15, -0.1) is 0 Å². The van der Waals surface area contributed by atoms with E-state index >= 15 is 0 Å². The second-order valence-corrected chi connectivity index (χ2v) is 5.71. The number of hydrogen-bond donors (Lipinski definition) is 4. The van der Waals surface area contributed by atoms with Gasteiger partial charge < -0.3 is 20.1 Å². The highest BCUT2D eigenvalue weighted by molar-refractivity contribution is 14.2. The van der Waals surface area contributed by atoms with Crippen molar-refractivity contribution in [2.45, 2.75) is 24.5 Å². The first-order valence-electron chi connectivity index (χ1n) is 4.77. The molecular formula is C8H11IN2O6. The maximum Gasteiger partial charge on any atom is 0.331 e. The summed E-state index contributed by atoms with van der Waals surface area (Å²) in [7, 11) is 0. The van der Waals surface area contributed by atoms with Crippen LogP contribution in [-0.4, -0.2) is 65.4 Å². The van der Waals surface area contributed by atoms with E-state index in [0.29, 0.717) is 0 Å². The summed E-state index contributed by atoms with van der Waals surface area (Å²) in [5.74, 6) is 0. The van der Waals surface area contributed by atoms with Crippen LogP contribution in [0.25, 0.3) is 0 Å². The minimum absolute atomic E-state index is 0.336. The zero-order valence-electron chi connectivity index (χ0n) is 8.49. The smallest absolute Gasteiger partial charge is 0.331 e. The number of imide groups is 1. The molecule has 0 saturated carbocycles. The van der Waals surface area contributed by atoms with Gasteiger partial charge in [0.15, 0.2) is 6.23 Å². The van der Waals surface area contributed by atoms with Crippen molar-refractivity contribution in [2.75, 3.05) is 6.61 Å². The first kappa shape index (κ1) is 12.8. The fourth-order valence-electron chi connectivity index (χ4n) is 1.60. The van der Waals surface area contributed by atoms with Crippen molar-refractivity contribution in [1.29, 1.82) is 0 Å². The highest BCUT2D eigenvalue weighted by Gasteiger charge is 2.46. The van der Waals surface area contributed by atoms with Crippen LogP contribution < -0.4 is 5.32 Å². The van der Waals surface area contributed by atoms with Gasteiger partial charge in [-0.2, -0.15) is 0 Å². The number of ether oxygens (including phenoxy) is 1. The molecule has 0 aromatic carbocycles. The monoisotopic (exact) mass is 358 g/mol. The number of urea groups is 1. The molecule has 0 spiro atoms. The molecule has 0 radical (unpaired) electrons. The van der Waals surface area contributed by atoms with Gasteiger partial charge in [-0.1, -0.05) is 0 Å². The van der Waals surface area contributed by atoms with E-state index in [0.717, 1.165) is 4.90 Å². The molecule has 9 heteroatoms. The number of rotatable bonds is 2. The maximum absolute atomic E-state index is 11.5. The van der Waals surface area contributed by atoms with Crippen LogP contribution in [0, 0.1) is 0 Å². The van der Waals surface area contributed by atoms with E-state index < -0.39 is 57.9 Å². The summed E-state index contributed by atoms with van der Waals surface area (Å²) < 4.78 is 6.22. The molecule has 1 saturated heterocycles. The highest BCUT2D eigenvalue weighted by atomic mass is 127. The van der Waals surface area contributed by atoms with Crippen molar-refractivity contribution in [3.05, 3.63) is 0 Å². The molecular weight excluding hydrogens is 347 g/mol. The summed E-state index contributed by atoms with van der Waals surface area (Å²) in [4.78, 5) is 23.5. The number of hydrogen-bond acceptors (Lipinski definition) is 6. The van der Waals surface area contributed by atoms with Crippen LogP contribution in [0.3, 0.4) is 0 Å². The number of halogens is 1. The van der Waals surface area contributed by atoms with Crippen LogP contribution in [0.4, 0.5) is 9.59 Å². The molecule has 4 N–H and O–H groups in total. The second kappa shape index (κ2) is 4.94. The molecule has 2 aliphatic rings. The van der Waals surface area contributed by atoms with Crippen LogP contribution in [0.1, 0.15) is 0 Å². The molecule has 8 nitrogen and oxygen atoms in total. The number of nitrogens with one attached hydrogen (secondary N) is 1. The Balaban J connectivity index is 2.16. The molecule has 2 aliphatic heterocycles. The Morgan fingerprint density at radius 3 is 2.65 bits per heavy atom. The molecule has 0 aromatic heterocycles. The largest absolute Gasteiger partial charge is 0.394 e. The Morgan fingerprint density at radius 1 is 1.41 bits per heavy atom. The van der Waals surface area contributed by atoms with Crippen molar-refractivity contribution in [2.24, 2.45) is 0 Å². The van der Waals surface area contributed by atoms with E-state index in [2.05, 4.69) is 5.32 Å². The van der Waals surface area contributed by atoms with Gasteiger partial charge in [0.05, 0.1) is 6.61 Å². The minimum atomic E-state index is -1.31. The van der Waals surface area contributed by atoms with Crippen molar-refractivity contribution in [1.82, 2.24) is 10.2 Å². The molecule has 4 atom stereocenters. The topological polar surface area (TPSA) is 119 Å². The van der Waals surface area contributed by atoms with E-state index in [1.165, 1.54) is 4.14 Å². The quantitative estimate of drug-likeness (QED) is 0.266. The average molecular weight is 358 g/mol. The fraction of sp³-hybridized carbons (Fsp3) is 0.625. The third-order valence-corrected chi connectivity index (χ3v) is 4.20. The number of aliphatic hydroxyl groups is 3. The lowest BCUT2D eigenvalue weighted by Gasteiger charge is -2.28. The van der Waals surface area contributed by atoms with E-state index in [-0.39, 0.29) is 3.91 Å². The molecule has 0 unspecified atom stereocenters. The Bertz CT molecular complexity index is 375. The van der Waals surface area contributed by atoms with Crippen LogP contribution in [0.15, 0.2) is 0 Å². The van der Waals surface area contributed by atoms with E-state index in [1.54, 1.807) is 0 Å². The SMILES string of the molecule is O=C1NC(=O)N([C@@H]2O[C@H](CO)[C@@H](O)[C@H]2O)C=I1. The standard InChI is InChI=1S/C8H11IN2O6/c12-1-3-4(13)5(14)6(17-3)11-2-9-7(15)10-8(11)16/h2-6,12-14H,1H2,(H,10,15,16)/t3-,4-,5-,6-/m1/s1. The molecule has 3 amide bonds. The molecule has 0 aliphatic carbocycles. The van der Waals surface area contributed by atoms with Crippen LogP contribution in [0.5, 0.6) is 0 Å². The van der Waals surface area contributed by atoms with Gasteiger partial charge in [0.2, 0.25) is 0 Å². The van der Waals surface area contributed by atoms with Crippen LogP contribution in [0.2, 0.25) is 0 Å². The summed E-state index contributed by atoms with van der Waals surface area (Å²) >= 11 is -0.992. The summed E-state index contributed by atoms with van der Waals surface area (Å²) in [6, 6.07) is -0.698. The number of aliphatic hydroxyl groups excluding tert-OH is 3. The van der Waals surface area contributed by atoms with Gasteiger partial charge in [-0.05, 0) is 0 Å². The maximum atomic E-state index is 11.5. The first-order chi connectivity index (χ1) is 8.04. The molecule has 0 bridgehead atoms. The molecule has 17 heavy (non-hydrogen) atoms. The predicted octanol–water partition coefficient (Wildman–Crippen LogP) is -1.70. The van der Waals surface area contributed by atoms with Crippen molar-refractivity contribution < 1.29 is 29.6 Å². The lowest BCUT2D eigenvalue weighted by molar-refractivity contribution is -0.0562. The fourth-order valence-corrected chi connectivity index (χ4v) is 3.11. The third-order valence-electron chi connectivity index (χ3n) is 2.48. The normalized spacial score (nSPS) is 37.9. The zero-order valence-corrected chi connectivity index (χ0v) is 10.6. The van der Waals surface area contributed by atoms with Gasteiger partial charge in [-0.25, -0.2) is 4.79 Å². The van der Waals surface area contributed by atoms with Gasteiger partial charge in [0.25, 0.3) is 3.91 Å². The van der Waals surface area contributed by atoms with E-state index in [1.807, 2.05) is 0 Å². The second-order valence-electron chi connectivity index (χ2n) is 3.55. The highest BCUT2D eigenvalue weighted by Crippen LogP contribution is 2.25. The van der Waals surface area contributed by atoms with Gasteiger partial charge in [0, 0.05) is 24.9 Å². The zero-order chi connectivity index (χ0) is 12.6. The van der Waals surface area contributed by atoms with Gasteiger partial charge in [0.1, 0.15) is 18.3 Å². The van der Waals surface area contributed by atoms with E-state index in [9.17, 15) is 19.8 Å². The lowest BCUT2D eigenvalue weighted by atomic mass is 10.1. The lowest BCUT2D eigenvalue weighted by Crippen LogP contribution is -2.52. The predicted molar refractivity (Wildman–Crippen MR) is 63.6 cm³/mol. The number of carbonyl (C=O) groups excluding carboxylic acids is 2. The minimum Gasteiger partial charge on any atom is -0.394 e. The van der Waals surface area contributed by atoms with Crippen molar-refractivity contribution in [3.63, 3.8) is 0 Å². The van der Waals surface area contributed by atoms with E-state index in [4.69, 9.17) is 9.84 Å². The van der Waals surface area contributed by atoms with Crippen molar-refractivity contribution in [3.8, 4) is 0 Å². The Labute approximate surface area is 106 Å². The average Bonchev–Trinajstić information content (AvgIpc) is 2.57. The first-order valence-corrected chi connectivity index (χ1v) is 7.09. The van der Waals surface area contributed by atoms with Gasteiger partial charge >= 0.3 is 6.03 Å². The number of carbonyl (C=O) groups is 2. The van der Waals surface area contributed by atoms with Crippen molar-refractivity contribution >= 4 is 34.8 Å². The third kappa shape index (κ3) is 2.33. The molecule has 0 aromatic rings. The summed E-state index contributed by atoms with van der Waals surface area (Å²) in [6.07, 6.45) is -4.59. The molecule has 2 rings (SSSR count). The Morgan fingerprint density at radius 2 is 2.12 bits per heavy atom. The summed E-state index contributed by atoms with van der Waals surface area (Å²) in [5.41, 5.74) is 0. The molecule has 2 heterocycles. The van der Waals surface area contributed by atoms with Crippen LogP contribution in [-0.2, 0) is 4.74 Å². The molecule has 1 fully saturated rings. The Kier molecular flexibility index (Phi) is 3.73.